The van der Waals surface area contributed by atoms with Crippen LogP contribution in [0.5, 0.6) is 5.75 Å². The topological polar surface area (TPSA) is 72.6 Å². The number of sulfonamides is 1. The Morgan fingerprint density at radius 1 is 1.24 bits per heavy atom. The second kappa shape index (κ2) is 7.66. The highest BCUT2D eigenvalue weighted by Gasteiger charge is 2.28. The minimum Gasteiger partial charge on any atom is -0.495 e. The maximum absolute atomic E-state index is 12.9. The third-order valence-corrected chi connectivity index (χ3v) is 5.74. The Morgan fingerprint density at radius 2 is 1.86 bits per heavy atom. The Bertz CT molecular complexity index is 554. The van der Waals surface area contributed by atoms with E-state index in [4.69, 9.17) is 10.5 Å². The van der Waals surface area contributed by atoms with E-state index in [1.54, 1.807) is 12.1 Å². The van der Waals surface area contributed by atoms with E-state index in [9.17, 15) is 8.42 Å². The number of nitrogen functional groups attached to an aromatic ring is 1. The van der Waals surface area contributed by atoms with E-state index in [2.05, 4.69) is 13.8 Å². The predicted molar refractivity (Wildman–Crippen MR) is 85.9 cm³/mol. The predicted octanol–water partition coefficient (Wildman–Crippen LogP) is 2.72. The smallest absolute Gasteiger partial charge is 0.246 e. The molecule has 0 aliphatic heterocycles. The quantitative estimate of drug-likeness (QED) is 0.749. The van der Waals surface area contributed by atoms with E-state index in [0.717, 1.165) is 12.8 Å². The summed E-state index contributed by atoms with van der Waals surface area (Å²) < 4.78 is 32.4. The molecule has 0 saturated carbocycles. The molecular weight excluding hydrogens is 288 g/mol. The normalized spacial score (nSPS) is 12.1. The van der Waals surface area contributed by atoms with Gasteiger partial charge in [0.25, 0.3) is 0 Å². The zero-order valence-corrected chi connectivity index (χ0v) is 14.1. The number of anilines is 1. The molecule has 0 amide bonds. The number of hydrogen-bond donors (Lipinski definition) is 1. The van der Waals surface area contributed by atoms with Gasteiger partial charge in [-0.15, -0.1) is 0 Å². The molecule has 5 nitrogen and oxygen atoms in total. The van der Waals surface area contributed by atoms with Crippen molar-refractivity contribution in [3.05, 3.63) is 18.2 Å². The third kappa shape index (κ3) is 4.11. The summed E-state index contributed by atoms with van der Waals surface area (Å²) in [6, 6.07) is 4.69. The van der Waals surface area contributed by atoms with Gasteiger partial charge in [-0.2, -0.15) is 4.31 Å². The van der Waals surface area contributed by atoms with Gasteiger partial charge in [0.05, 0.1) is 7.11 Å². The Labute approximate surface area is 128 Å². The van der Waals surface area contributed by atoms with Crippen LogP contribution in [0.1, 0.15) is 33.6 Å². The molecule has 1 rings (SSSR count). The Morgan fingerprint density at radius 3 is 2.33 bits per heavy atom. The van der Waals surface area contributed by atoms with Gasteiger partial charge in [0.2, 0.25) is 10.0 Å². The average Bonchev–Trinajstić information content (AvgIpc) is 2.48. The van der Waals surface area contributed by atoms with Crippen LogP contribution < -0.4 is 10.5 Å². The number of hydrogen-bond acceptors (Lipinski definition) is 4. The molecule has 6 heteroatoms. The van der Waals surface area contributed by atoms with Crippen molar-refractivity contribution in [2.24, 2.45) is 5.92 Å². The fourth-order valence-electron chi connectivity index (χ4n) is 2.27. The second-order valence-electron chi connectivity index (χ2n) is 5.05. The van der Waals surface area contributed by atoms with Crippen LogP contribution in [0.2, 0.25) is 0 Å². The van der Waals surface area contributed by atoms with Crippen molar-refractivity contribution in [3.63, 3.8) is 0 Å². The largest absolute Gasteiger partial charge is 0.495 e. The second-order valence-corrected chi connectivity index (χ2v) is 6.95. The lowest BCUT2D eigenvalue weighted by molar-refractivity contribution is 0.336. The van der Waals surface area contributed by atoms with Crippen LogP contribution in [0.25, 0.3) is 0 Å². The molecule has 21 heavy (non-hydrogen) atoms. The van der Waals surface area contributed by atoms with Crippen LogP contribution >= 0.6 is 0 Å². The maximum Gasteiger partial charge on any atom is 0.246 e. The van der Waals surface area contributed by atoms with E-state index >= 15 is 0 Å². The number of nitrogens with zero attached hydrogens (tertiary/aromatic N) is 1. The van der Waals surface area contributed by atoms with Gasteiger partial charge in [0.1, 0.15) is 10.6 Å². The molecule has 0 saturated heterocycles. The van der Waals surface area contributed by atoms with Gasteiger partial charge < -0.3 is 10.5 Å². The van der Waals surface area contributed by atoms with Crippen molar-refractivity contribution in [2.75, 3.05) is 25.9 Å². The van der Waals surface area contributed by atoms with E-state index in [-0.39, 0.29) is 4.90 Å². The van der Waals surface area contributed by atoms with Crippen molar-refractivity contribution in [1.29, 1.82) is 0 Å². The van der Waals surface area contributed by atoms with Gasteiger partial charge >= 0.3 is 0 Å². The molecule has 2 N–H and O–H groups in total. The highest BCUT2D eigenvalue weighted by atomic mass is 32.2. The van der Waals surface area contributed by atoms with Crippen LogP contribution in [-0.2, 0) is 10.0 Å². The molecule has 0 aliphatic rings. The summed E-state index contributed by atoms with van der Waals surface area (Å²) in [5, 5.41) is 0. The number of rotatable bonds is 8. The number of nitrogens with two attached hydrogens (primary N) is 1. The van der Waals surface area contributed by atoms with Crippen molar-refractivity contribution in [1.82, 2.24) is 4.31 Å². The molecule has 0 aromatic heterocycles. The van der Waals surface area contributed by atoms with Gasteiger partial charge in [0, 0.05) is 18.8 Å². The first-order chi connectivity index (χ1) is 9.90. The van der Waals surface area contributed by atoms with Crippen LogP contribution in [0, 0.1) is 5.92 Å². The summed E-state index contributed by atoms with van der Waals surface area (Å²) in [5.41, 5.74) is 6.15. The molecular formula is C15H26N2O3S. The van der Waals surface area contributed by atoms with Crippen molar-refractivity contribution < 1.29 is 13.2 Å². The van der Waals surface area contributed by atoms with Gasteiger partial charge in [-0.25, -0.2) is 8.42 Å². The van der Waals surface area contributed by atoms with Crippen LogP contribution in [0.3, 0.4) is 0 Å². The molecule has 0 aliphatic carbocycles. The zero-order valence-electron chi connectivity index (χ0n) is 13.3. The third-order valence-electron chi connectivity index (χ3n) is 3.77. The number of benzene rings is 1. The monoisotopic (exact) mass is 314 g/mol. The first-order valence-corrected chi connectivity index (χ1v) is 8.78. The summed E-state index contributed by atoms with van der Waals surface area (Å²) in [5.74, 6) is 0.680. The first kappa shape index (κ1) is 17.8. The van der Waals surface area contributed by atoms with Crippen LogP contribution in [0.15, 0.2) is 23.1 Å². The van der Waals surface area contributed by atoms with E-state index in [0.29, 0.717) is 30.4 Å². The molecule has 0 bridgehead atoms. The van der Waals surface area contributed by atoms with Crippen molar-refractivity contribution in [2.45, 2.75) is 38.5 Å². The fraction of sp³-hybridized carbons (Fsp3) is 0.600. The molecule has 0 unspecified atom stereocenters. The van der Waals surface area contributed by atoms with E-state index in [1.165, 1.54) is 17.5 Å². The first-order valence-electron chi connectivity index (χ1n) is 7.34. The zero-order chi connectivity index (χ0) is 16.0. The van der Waals surface area contributed by atoms with Crippen molar-refractivity contribution >= 4 is 15.7 Å². The molecule has 0 atom stereocenters. The van der Waals surface area contributed by atoms with E-state index < -0.39 is 10.0 Å². The number of methoxy groups -OCH3 is 1. The van der Waals surface area contributed by atoms with Gasteiger partial charge in [-0.05, 0) is 24.1 Å². The van der Waals surface area contributed by atoms with E-state index in [1.807, 2.05) is 6.92 Å². The highest BCUT2D eigenvalue weighted by Crippen LogP contribution is 2.29. The maximum atomic E-state index is 12.9. The summed E-state index contributed by atoms with van der Waals surface area (Å²) in [7, 11) is -2.14. The lowest BCUT2D eigenvalue weighted by Gasteiger charge is -2.25. The highest BCUT2D eigenvalue weighted by molar-refractivity contribution is 7.89. The van der Waals surface area contributed by atoms with Crippen molar-refractivity contribution in [3.8, 4) is 5.75 Å². The summed E-state index contributed by atoms with van der Waals surface area (Å²) in [6.45, 7) is 6.95. The molecule has 0 spiro atoms. The minimum absolute atomic E-state index is 0.137. The Kier molecular flexibility index (Phi) is 6.48. The van der Waals surface area contributed by atoms with Gasteiger partial charge in [0.15, 0.2) is 0 Å². The molecule has 0 radical (unpaired) electrons. The summed E-state index contributed by atoms with van der Waals surface area (Å²) in [4.78, 5) is 0.137. The average molecular weight is 314 g/mol. The fourth-order valence-corrected chi connectivity index (χ4v) is 3.98. The molecule has 0 fully saturated rings. The molecule has 1 aromatic rings. The SMILES string of the molecule is CCC(CC)CN(CC)S(=O)(=O)c1cc(N)ccc1OC. The van der Waals surface area contributed by atoms with Gasteiger partial charge in [-0.1, -0.05) is 33.6 Å². The summed E-state index contributed by atoms with van der Waals surface area (Å²) >= 11 is 0. The standard InChI is InChI=1S/C15H26N2O3S/c1-5-12(6-2)11-17(7-3)21(18,19)15-10-13(16)8-9-14(15)20-4/h8-10,12H,5-7,11,16H2,1-4H3. The van der Waals surface area contributed by atoms with Crippen LogP contribution in [0.4, 0.5) is 5.69 Å². The molecule has 1 aromatic carbocycles. The Balaban J connectivity index is 3.21. The lowest BCUT2D eigenvalue weighted by Crippen LogP contribution is -2.35. The van der Waals surface area contributed by atoms with Crippen LogP contribution in [-0.4, -0.2) is 32.9 Å². The lowest BCUT2D eigenvalue weighted by atomic mass is 10.0. The summed E-state index contributed by atoms with van der Waals surface area (Å²) in [6.07, 6.45) is 1.91. The minimum atomic E-state index is -3.60. The Hall–Kier alpha value is -1.27. The molecule has 0 heterocycles. The number of ether oxygens (including phenoxy) is 1. The van der Waals surface area contributed by atoms with Gasteiger partial charge in [-0.3, -0.25) is 0 Å². The molecule has 120 valence electrons.